The molecule has 0 amide bonds. The van der Waals surface area contributed by atoms with Crippen molar-refractivity contribution in [1.82, 2.24) is 15.0 Å². The van der Waals surface area contributed by atoms with Gasteiger partial charge in [0.15, 0.2) is 0 Å². The van der Waals surface area contributed by atoms with Crippen LogP contribution in [0.5, 0.6) is 0 Å². The molecular formula is C15H13F3N4. The molecule has 0 aliphatic carbocycles. The number of alkyl halides is 3. The molecule has 114 valence electrons. The fourth-order valence-electron chi connectivity index (χ4n) is 2.23. The summed E-state index contributed by atoms with van der Waals surface area (Å²) in [5.41, 5.74) is 3.79. The van der Waals surface area contributed by atoms with E-state index in [0.29, 0.717) is 11.2 Å². The molecule has 0 aliphatic heterocycles. The second kappa shape index (κ2) is 5.67. The lowest BCUT2D eigenvalue weighted by Gasteiger charge is -2.11. The van der Waals surface area contributed by atoms with Crippen molar-refractivity contribution in [1.29, 1.82) is 0 Å². The van der Waals surface area contributed by atoms with Gasteiger partial charge < -0.3 is 10.3 Å². The number of H-pyrrole nitrogens is 1. The van der Waals surface area contributed by atoms with Crippen molar-refractivity contribution >= 4 is 16.7 Å². The Bertz CT molecular complexity index is 765. The highest BCUT2D eigenvalue weighted by molar-refractivity contribution is 5.92. The molecule has 0 saturated carbocycles. The number of hydrogen-bond donors (Lipinski definition) is 2. The highest BCUT2D eigenvalue weighted by Gasteiger charge is 2.26. The first-order chi connectivity index (χ1) is 10.5. The second-order valence-electron chi connectivity index (χ2n) is 4.85. The summed E-state index contributed by atoms with van der Waals surface area (Å²) in [5, 5.41) is 2.82. The van der Waals surface area contributed by atoms with Crippen LogP contribution in [0.2, 0.25) is 0 Å². The number of aromatic amines is 1. The van der Waals surface area contributed by atoms with Gasteiger partial charge in [0.1, 0.15) is 5.52 Å². The smallest absolute Gasteiger partial charge is 0.383 e. The van der Waals surface area contributed by atoms with Crippen molar-refractivity contribution in [3.63, 3.8) is 0 Å². The van der Waals surface area contributed by atoms with Crippen LogP contribution in [0.1, 0.15) is 6.42 Å². The van der Waals surface area contributed by atoms with Crippen LogP contribution in [0.15, 0.2) is 43.0 Å². The number of fused-ring (bicyclic) bond motifs is 1. The molecule has 0 unspecified atom stereocenters. The van der Waals surface area contributed by atoms with Crippen LogP contribution >= 0.6 is 0 Å². The fraction of sp³-hybridized carbons (Fsp3) is 0.200. The second-order valence-corrected chi connectivity index (χ2v) is 4.85. The first kappa shape index (κ1) is 14.4. The van der Waals surface area contributed by atoms with E-state index in [1.54, 1.807) is 18.5 Å². The van der Waals surface area contributed by atoms with Gasteiger partial charge in [0, 0.05) is 18.9 Å². The van der Waals surface area contributed by atoms with Crippen LogP contribution in [0, 0.1) is 0 Å². The highest BCUT2D eigenvalue weighted by Crippen LogP contribution is 2.29. The average molecular weight is 306 g/mol. The van der Waals surface area contributed by atoms with Gasteiger partial charge in [-0.2, -0.15) is 13.2 Å². The van der Waals surface area contributed by atoms with E-state index in [4.69, 9.17) is 0 Å². The van der Waals surface area contributed by atoms with Crippen molar-refractivity contribution in [3.8, 4) is 11.1 Å². The van der Waals surface area contributed by atoms with Crippen molar-refractivity contribution < 1.29 is 13.2 Å². The van der Waals surface area contributed by atoms with Gasteiger partial charge in [-0.25, -0.2) is 4.98 Å². The van der Waals surface area contributed by atoms with Gasteiger partial charge in [0.2, 0.25) is 0 Å². The number of hydrogen-bond acceptors (Lipinski definition) is 3. The summed E-state index contributed by atoms with van der Waals surface area (Å²) in [6.45, 7) is -0.189. The van der Waals surface area contributed by atoms with E-state index in [-0.39, 0.29) is 6.54 Å². The Labute approximate surface area is 124 Å². The van der Waals surface area contributed by atoms with Crippen molar-refractivity contribution in [2.24, 2.45) is 0 Å². The molecule has 2 N–H and O–H groups in total. The summed E-state index contributed by atoms with van der Waals surface area (Å²) >= 11 is 0. The number of nitrogens with zero attached hydrogens (tertiary/aromatic N) is 2. The molecular weight excluding hydrogens is 293 g/mol. The monoisotopic (exact) mass is 306 g/mol. The van der Waals surface area contributed by atoms with E-state index in [1.807, 2.05) is 18.2 Å². The van der Waals surface area contributed by atoms with E-state index >= 15 is 0 Å². The molecule has 7 heteroatoms. The zero-order chi connectivity index (χ0) is 15.6. The predicted molar refractivity (Wildman–Crippen MR) is 78.5 cm³/mol. The van der Waals surface area contributed by atoms with Crippen LogP contribution in [0.4, 0.5) is 18.9 Å². The third kappa shape index (κ3) is 3.19. The summed E-state index contributed by atoms with van der Waals surface area (Å²) in [7, 11) is 0. The maximum Gasteiger partial charge on any atom is 0.390 e. The Kier molecular flexibility index (Phi) is 3.70. The van der Waals surface area contributed by atoms with Crippen molar-refractivity contribution in [3.05, 3.63) is 43.0 Å². The molecule has 22 heavy (non-hydrogen) atoms. The third-order valence-electron chi connectivity index (χ3n) is 3.26. The van der Waals surface area contributed by atoms with Crippen LogP contribution in [0.3, 0.4) is 0 Å². The van der Waals surface area contributed by atoms with E-state index in [9.17, 15) is 13.2 Å². The molecule has 1 aromatic carbocycles. The molecule has 0 spiro atoms. The number of rotatable bonds is 4. The van der Waals surface area contributed by atoms with Crippen molar-refractivity contribution in [2.75, 3.05) is 11.9 Å². The number of pyridine rings is 1. The van der Waals surface area contributed by atoms with Gasteiger partial charge in [-0.05, 0) is 35.4 Å². The molecule has 3 rings (SSSR count). The number of benzene rings is 1. The zero-order valence-corrected chi connectivity index (χ0v) is 11.5. The standard InChI is InChI=1S/C15H13F3N4/c16-15(17,18)3-6-20-12-7-11(10-1-4-19-5-2-10)8-13-14(12)22-9-21-13/h1-2,4-5,7-9,20H,3,6H2,(H,21,22). The minimum absolute atomic E-state index is 0.189. The van der Waals surface area contributed by atoms with Gasteiger partial charge >= 0.3 is 6.18 Å². The van der Waals surface area contributed by atoms with Crippen LogP contribution in [-0.4, -0.2) is 27.7 Å². The number of halogens is 3. The first-order valence-corrected chi connectivity index (χ1v) is 6.71. The molecule has 2 aromatic heterocycles. The normalized spacial score (nSPS) is 11.8. The summed E-state index contributed by atoms with van der Waals surface area (Å²) in [4.78, 5) is 11.1. The Balaban J connectivity index is 1.93. The van der Waals surface area contributed by atoms with Gasteiger partial charge in [-0.15, -0.1) is 0 Å². The molecule has 3 aromatic rings. The Hall–Kier alpha value is -2.57. The molecule has 0 saturated heterocycles. The van der Waals surface area contributed by atoms with E-state index in [0.717, 1.165) is 16.6 Å². The summed E-state index contributed by atoms with van der Waals surface area (Å²) in [6.07, 6.45) is -0.207. The van der Waals surface area contributed by atoms with Crippen LogP contribution in [0.25, 0.3) is 22.2 Å². The van der Waals surface area contributed by atoms with Gasteiger partial charge in [-0.3, -0.25) is 4.98 Å². The first-order valence-electron chi connectivity index (χ1n) is 6.71. The largest absolute Gasteiger partial charge is 0.390 e. The Morgan fingerprint density at radius 3 is 2.59 bits per heavy atom. The minimum atomic E-state index is -4.18. The van der Waals surface area contributed by atoms with Crippen LogP contribution < -0.4 is 5.32 Å². The molecule has 0 radical (unpaired) electrons. The molecule has 0 bridgehead atoms. The number of aromatic nitrogens is 3. The fourth-order valence-corrected chi connectivity index (χ4v) is 2.23. The zero-order valence-electron chi connectivity index (χ0n) is 11.5. The molecule has 0 atom stereocenters. The van der Waals surface area contributed by atoms with Crippen LogP contribution in [-0.2, 0) is 0 Å². The topological polar surface area (TPSA) is 53.6 Å². The number of anilines is 1. The quantitative estimate of drug-likeness (QED) is 0.766. The lowest BCUT2D eigenvalue weighted by molar-refractivity contribution is -0.131. The lowest BCUT2D eigenvalue weighted by Crippen LogP contribution is -2.14. The Morgan fingerprint density at radius 1 is 1.09 bits per heavy atom. The molecule has 0 fully saturated rings. The molecule has 4 nitrogen and oxygen atoms in total. The lowest BCUT2D eigenvalue weighted by atomic mass is 10.1. The number of imidazole rings is 1. The van der Waals surface area contributed by atoms with Gasteiger partial charge in [-0.1, -0.05) is 0 Å². The van der Waals surface area contributed by atoms with Crippen molar-refractivity contribution in [2.45, 2.75) is 12.6 Å². The van der Waals surface area contributed by atoms with E-state index < -0.39 is 12.6 Å². The molecule has 0 aliphatic rings. The SMILES string of the molecule is FC(F)(F)CCNc1cc(-c2ccncc2)cc2[nH]cnc12. The summed E-state index contributed by atoms with van der Waals surface area (Å²) < 4.78 is 36.9. The van der Waals surface area contributed by atoms with E-state index in [2.05, 4.69) is 20.3 Å². The maximum atomic E-state index is 12.3. The summed E-state index contributed by atoms with van der Waals surface area (Å²) in [6, 6.07) is 7.40. The minimum Gasteiger partial charge on any atom is -0.383 e. The third-order valence-corrected chi connectivity index (χ3v) is 3.26. The van der Waals surface area contributed by atoms with Gasteiger partial charge in [0.05, 0.1) is 24.0 Å². The predicted octanol–water partition coefficient (Wildman–Crippen LogP) is 3.99. The highest BCUT2D eigenvalue weighted by atomic mass is 19.4. The maximum absolute atomic E-state index is 12.3. The van der Waals surface area contributed by atoms with Gasteiger partial charge in [0.25, 0.3) is 0 Å². The number of nitrogens with one attached hydrogen (secondary N) is 2. The average Bonchev–Trinajstić information content (AvgIpc) is 2.95. The molecule has 2 heterocycles. The van der Waals surface area contributed by atoms with E-state index in [1.165, 1.54) is 6.33 Å². The summed E-state index contributed by atoms with van der Waals surface area (Å²) in [5.74, 6) is 0. The Morgan fingerprint density at radius 2 is 1.86 bits per heavy atom.